The molecule has 0 aromatic heterocycles. The maximum atomic E-state index is 5.90. The van der Waals surface area contributed by atoms with Crippen LogP contribution in [0.25, 0.3) is 0 Å². The van der Waals surface area contributed by atoms with Gasteiger partial charge in [-0.1, -0.05) is 85.5 Å². The van der Waals surface area contributed by atoms with Gasteiger partial charge in [-0.3, -0.25) is 0 Å². The number of hydrogen-bond acceptors (Lipinski definition) is 4. The molecule has 0 radical (unpaired) electrons. The number of aryl methyl sites for hydroxylation is 1. The summed E-state index contributed by atoms with van der Waals surface area (Å²) in [6, 6.07) is 10.7. The van der Waals surface area contributed by atoms with Gasteiger partial charge in [0.05, 0.1) is 13.2 Å². The first-order valence-electron chi connectivity index (χ1n) is 12.8. The Morgan fingerprint density at radius 3 is 1.64 bits per heavy atom. The normalized spacial score (nSPS) is 11.6. The standard InChI is InChI=1S/C15H22Br2O2.C15H24O2/c1-5-18-6-7-19-14-8-11(10-16)13(17)9-12(14)15(2,3)4;1-6-16-9-10-17-14-11-12(2)7-8-13(14)15(3,4)5/h8-9H,5-7,10H2,1-4H3;7-8,11H,6,9-10H2,1-5H3. The molecule has 0 saturated heterocycles. The molecule has 2 aromatic rings. The van der Waals surface area contributed by atoms with Gasteiger partial charge in [0.2, 0.25) is 0 Å². The van der Waals surface area contributed by atoms with Crippen LogP contribution in [0.1, 0.15) is 77.6 Å². The van der Waals surface area contributed by atoms with Gasteiger partial charge in [-0.2, -0.15) is 0 Å². The van der Waals surface area contributed by atoms with Crippen molar-refractivity contribution in [3.05, 3.63) is 57.1 Å². The average Bonchev–Trinajstić information content (AvgIpc) is 2.79. The highest BCUT2D eigenvalue weighted by atomic mass is 79.9. The van der Waals surface area contributed by atoms with Crippen LogP contribution in [0.15, 0.2) is 34.8 Å². The van der Waals surface area contributed by atoms with E-state index in [1.807, 2.05) is 13.8 Å². The fourth-order valence-electron chi connectivity index (χ4n) is 3.48. The molecule has 0 heterocycles. The molecular formula is C30H46Br2O4. The zero-order valence-electron chi connectivity index (χ0n) is 23.7. The first kappa shape index (κ1) is 32.9. The number of ether oxygens (including phenoxy) is 4. The van der Waals surface area contributed by atoms with Crippen LogP contribution in [-0.2, 0) is 25.6 Å². The van der Waals surface area contributed by atoms with Gasteiger partial charge < -0.3 is 18.9 Å². The third kappa shape index (κ3) is 11.5. The van der Waals surface area contributed by atoms with Crippen LogP contribution in [0, 0.1) is 6.92 Å². The summed E-state index contributed by atoms with van der Waals surface area (Å²) in [4.78, 5) is 0. The van der Waals surface area contributed by atoms with E-state index in [-0.39, 0.29) is 10.8 Å². The molecule has 0 aliphatic rings. The van der Waals surface area contributed by atoms with Crippen LogP contribution in [-0.4, -0.2) is 39.6 Å². The van der Waals surface area contributed by atoms with Crippen molar-refractivity contribution in [2.24, 2.45) is 0 Å². The molecule has 0 aliphatic carbocycles. The Bertz CT molecular complexity index is 914. The van der Waals surface area contributed by atoms with Crippen LogP contribution in [0.4, 0.5) is 0 Å². The lowest BCUT2D eigenvalue weighted by Crippen LogP contribution is -2.15. The summed E-state index contributed by atoms with van der Waals surface area (Å²) in [7, 11) is 0. The van der Waals surface area contributed by atoms with Gasteiger partial charge in [0.1, 0.15) is 24.7 Å². The minimum Gasteiger partial charge on any atom is -0.491 e. The molecule has 6 heteroatoms. The van der Waals surface area contributed by atoms with E-state index >= 15 is 0 Å². The van der Waals surface area contributed by atoms with E-state index in [2.05, 4.69) is 111 Å². The van der Waals surface area contributed by atoms with Gasteiger partial charge in [0, 0.05) is 28.6 Å². The van der Waals surface area contributed by atoms with E-state index in [0.29, 0.717) is 26.4 Å². The number of benzene rings is 2. The van der Waals surface area contributed by atoms with Crippen molar-refractivity contribution in [2.45, 2.75) is 78.5 Å². The average molecular weight is 631 g/mol. The van der Waals surface area contributed by atoms with Gasteiger partial charge in [-0.25, -0.2) is 0 Å². The van der Waals surface area contributed by atoms with Crippen molar-refractivity contribution in [1.29, 1.82) is 0 Å². The second-order valence-electron chi connectivity index (χ2n) is 10.7. The SMILES string of the molecule is CCOCCOc1cc(C)ccc1C(C)(C)C.CCOCCOc1cc(CBr)c(Br)cc1C(C)(C)C. The van der Waals surface area contributed by atoms with Crippen LogP contribution in [0.5, 0.6) is 11.5 Å². The lowest BCUT2D eigenvalue weighted by atomic mass is 9.86. The Balaban J connectivity index is 0.000000362. The minimum absolute atomic E-state index is 0.0499. The summed E-state index contributed by atoms with van der Waals surface area (Å²) in [6.07, 6.45) is 0. The van der Waals surface area contributed by atoms with Crippen molar-refractivity contribution >= 4 is 31.9 Å². The molecule has 2 aromatic carbocycles. The molecule has 0 saturated carbocycles. The summed E-state index contributed by atoms with van der Waals surface area (Å²) in [5, 5.41) is 0.805. The van der Waals surface area contributed by atoms with E-state index in [0.717, 1.165) is 34.5 Å². The highest BCUT2D eigenvalue weighted by molar-refractivity contribution is 9.10. The molecule has 0 atom stereocenters. The molecule has 0 N–H and O–H groups in total. The van der Waals surface area contributed by atoms with Crippen molar-refractivity contribution in [3.8, 4) is 11.5 Å². The highest BCUT2D eigenvalue weighted by Crippen LogP contribution is 2.36. The van der Waals surface area contributed by atoms with Gasteiger partial charge >= 0.3 is 0 Å². The van der Waals surface area contributed by atoms with Crippen molar-refractivity contribution in [2.75, 3.05) is 39.6 Å². The molecule has 4 nitrogen and oxygen atoms in total. The number of alkyl halides is 1. The monoisotopic (exact) mass is 628 g/mol. The van der Waals surface area contributed by atoms with Gasteiger partial charge in [0.25, 0.3) is 0 Å². The molecule has 0 unspecified atom stereocenters. The summed E-state index contributed by atoms with van der Waals surface area (Å²) in [6.45, 7) is 23.2. The zero-order valence-corrected chi connectivity index (χ0v) is 26.9. The lowest BCUT2D eigenvalue weighted by molar-refractivity contribution is 0.109. The second-order valence-corrected chi connectivity index (χ2v) is 12.1. The van der Waals surface area contributed by atoms with Crippen LogP contribution < -0.4 is 9.47 Å². The van der Waals surface area contributed by atoms with Crippen molar-refractivity contribution in [1.82, 2.24) is 0 Å². The second kappa shape index (κ2) is 16.0. The van der Waals surface area contributed by atoms with E-state index in [9.17, 15) is 0 Å². The summed E-state index contributed by atoms with van der Waals surface area (Å²) in [5.41, 5.74) is 5.03. The molecule has 36 heavy (non-hydrogen) atoms. The van der Waals surface area contributed by atoms with E-state index < -0.39 is 0 Å². The molecular weight excluding hydrogens is 584 g/mol. The lowest BCUT2D eigenvalue weighted by Gasteiger charge is -2.24. The smallest absolute Gasteiger partial charge is 0.123 e. The summed E-state index contributed by atoms with van der Waals surface area (Å²) >= 11 is 7.12. The van der Waals surface area contributed by atoms with Crippen LogP contribution in [0.2, 0.25) is 0 Å². The number of hydrogen-bond donors (Lipinski definition) is 0. The molecule has 0 amide bonds. The highest BCUT2D eigenvalue weighted by Gasteiger charge is 2.21. The minimum atomic E-state index is 0.0499. The Hall–Kier alpha value is -1.08. The Labute approximate surface area is 236 Å². The number of rotatable bonds is 11. The molecule has 0 spiro atoms. The topological polar surface area (TPSA) is 36.9 Å². The molecule has 0 fully saturated rings. The van der Waals surface area contributed by atoms with Crippen LogP contribution >= 0.6 is 31.9 Å². The Kier molecular flexibility index (Phi) is 14.7. The third-order valence-electron chi connectivity index (χ3n) is 5.42. The molecule has 0 aliphatic heterocycles. The van der Waals surface area contributed by atoms with Gasteiger partial charge in [-0.05, 0) is 66.5 Å². The maximum absolute atomic E-state index is 5.90. The first-order chi connectivity index (χ1) is 16.8. The fourth-order valence-corrected chi connectivity index (χ4v) is 4.81. The third-order valence-corrected chi connectivity index (χ3v) is 6.77. The largest absolute Gasteiger partial charge is 0.491 e. The first-order valence-corrected chi connectivity index (χ1v) is 14.7. The Morgan fingerprint density at radius 2 is 1.19 bits per heavy atom. The maximum Gasteiger partial charge on any atom is 0.123 e. The fraction of sp³-hybridized carbons (Fsp3) is 0.600. The van der Waals surface area contributed by atoms with Gasteiger partial charge in [-0.15, -0.1) is 0 Å². The molecule has 204 valence electrons. The van der Waals surface area contributed by atoms with Crippen LogP contribution in [0.3, 0.4) is 0 Å². The van der Waals surface area contributed by atoms with Crippen molar-refractivity contribution in [3.63, 3.8) is 0 Å². The zero-order chi connectivity index (χ0) is 27.4. The van der Waals surface area contributed by atoms with E-state index in [1.165, 1.54) is 22.3 Å². The molecule has 0 bridgehead atoms. The van der Waals surface area contributed by atoms with E-state index in [1.54, 1.807) is 0 Å². The summed E-state index contributed by atoms with van der Waals surface area (Å²) < 4.78 is 23.4. The number of halogens is 2. The van der Waals surface area contributed by atoms with E-state index in [4.69, 9.17) is 18.9 Å². The Morgan fingerprint density at radius 1 is 0.694 bits per heavy atom. The van der Waals surface area contributed by atoms with Gasteiger partial charge in [0.15, 0.2) is 0 Å². The summed E-state index contributed by atoms with van der Waals surface area (Å²) in [5.74, 6) is 1.93. The predicted octanol–water partition coefficient (Wildman–Crippen LogP) is 8.76. The quantitative estimate of drug-likeness (QED) is 0.184. The van der Waals surface area contributed by atoms with Crippen molar-refractivity contribution < 1.29 is 18.9 Å². The molecule has 2 rings (SSSR count). The predicted molar refractivity (Wildman–Crippen MR) is 159 cm³/mol.